The van der Waals surface area contributed by atoms with Crippen molar-refractivity contribution in [1.82, 2.24) is 10.6 Å². The van der Waals surface area contributed by atoms with Crippen LogP contribution in [0.4, 0.5) is 0 Å². The van der Waals surface area contributed by atoms with Crippen LogP contribution in [0.5, 0.6) is 5.75 Å². The number of hydrogen-bond acceptors (Lipinski definition) is 3. The van der Waals surface area contributed by atoms with Crippen molar-refractivity contribution in [3.63, 3.8) is 0 Å². The van der Waals surface area contributed by atoms with Crippen LogP contribution in [-0.2, 0) is 9.59 Å². The van der Waals surface area contributed by atoms with E-state index in [1.165, 1.54) is 6.92 Å². The van der Waals surface area contributed by atoms with E-state index in [1.54, 1.807) is 6.07 Å². The molecular weight excluding hydrogens is 232 g/mol. The van der Waals surface area contributed by atoms with Crippen molar-refractivity contribution >= 4 is 11.8 Å². The van der Waals surface area contributed by atoms with Crippen molar-refractivity contribution in [1.29, 1.82) is 0 Å². The maximum Gasteiger partial charge on any atom is 0.258 e. The molecule has 0 saturated heterocycles. The molecule has 2 amide bonds. The molecule has 0 radical (unpaired) electrons. The lowest BCUT2D eigenvalue weighted by atomic mass is 10.2. The van der Waals surface area contributed by atoms with Crippen LogP contribution < -0.4 is 15.4 Å². The third kappa shape index (κ3) is 5.89. The number of amides is 2. The van der Waals surface area contributed by atoms with Crippen LogP contribution in [0.15, 0.2) is 24.3 Å². The van der Waals surface area contributed by atoms with Crippen LogP contribution in [0.3, 0.4) is 0 Å². The second-order valence-electron chi connectivity index (χ2n) is 3.94. The molecule has 5 nitrogen and oxygen atoms in total. The monoisotopic (exact) mass is 250 g/mol. The van der Waals surface area contributed by atoms with Gasteiger partial charge >= 0.3 is 0 Å². The summed E-state index contributed by atoms with van der Waals surface area (Å²) in [5.41, 5.74) is 1.08. The fourth-order valence-electron chi connectivity index (χ4n) is 1.35. The van der Waals surface area contributed by atoms with Gasteiger partial charge in [0.1, 0.15) is 5.75 Å². The van der Waals surface area contributed by atoms with E-state index >= 15 is 0 Å². The molecule has 0 aliphatic heterocycles. The van der Waals surface area contributed by atoms with Gasteiger partial charge in [-0.1, -0.05) is 12.1 Å². The van der Waals surface area contributed by atoms with Gasteiger partial charge in [-0.25, -0.2) is 0 Å². The lowest BCUT2D eigenvalue weighted by molar-refractivity contribution is -0.123. The minimum atomic E-state index is -0.207. The number of ether oxygens (including phenoxy) is 1. The Morgan fingerprint density at radius 1 is 1.22 bits per heavy atom. The number of hydrogen-bond donors (Lipinski definition) is 2. The van der Waals surface area contributed by atoms with Gasteiger partial charge in [-0.05, 0) is 24.6 Å². The van der Waals surface area contributed by atoms with Crippen LogP contribution >= 0.6 is 0 Å². The van der Waals surface area contributed by atoms with E-state index < -0.39 is 0 Å². The quantitative estimate of drug-likeness (QED) is 0.728. The first-order chi connectivity index (χ1) is 8.58. The van der Waals surface area contributed by atoms with Crippen LogP contribution in [0.1, 0.15) is 12.5 Å². The highest BCUT2D eigenvalue weighted by atomic mass is 16.5. The highest BCUT2D eigenvalue weighted by Gasteiger charge is 2.02. The highest BCUT2D eigenvalue weighted by Crippen LogP contribution is 2.11. The Morgan fingerprint density at radius 2 is 1.94 bits per heavy atom. The fraction of sp³-hybridized carbons (Fsp3) is 0.385. The molecular formula is C13H18N2O3. The predicted octanol–water partition coefficient (Wildman–Crippen LogP) is 0.626. The zero-order chi connectivity index (χ0) is 13.4. The summed E-state index contributed by atoms with van der Waals surface area (Å²) in [7, 11) is 0. The van der Waals surface area contributed by atoms with Crippen LogP contribution in [0, 0.1) is 6.92 Å². The van der Waals surface area contributed by atoms with Crippen LogP contribution in [0.25, 0.3) is 0 Å². The molecule has 5 heteroatoms. The number of rotatable bonds is 6. The number of carbonyl (C=O) groups excluding carboxylic acids is 2. The minimum absolute atomic E-state index is 0.0243. The maximum atomic E-state index is 11.4. The molecule has 0 fully saturated rings. The zero-order valence-corrected chi connectivity index (χ0v) is 10.7. The second kappa shape index (κ2) is 7.32. The van der Waals surface area contributed by atoms with Gasteiger partial charge in [0.05, 0.1) is 0 Å². The van der Waals surface area contributed by atoms with E-state index in [-0.39, 0.29) is 18.4 Å². The lowest BCUT2D eigenvalue weighted by Crippen LogP contribution is -2.36. The molecule has 98 valence electrons. The van der Waals surface area contributed by atoms with Gasteiger partial charge in [0.25, 0.3) is 5.91 Å². The highest BCUT2D eigenvalue weighted by molar-refractivity contribution is 5.77. The molecule has 0 atom stereocenters. The Labute approximate surface area is 107 Å². The predicted molar refractivity (Wildman–Crippen MR) is 68.4 cm³/mol. The summed E-state index contributed by atoms with van der Waals surface area (Å²) in [4.78, 5) is 22.0. The Balaban J connectivity index is 2.19. The van der Waals surface area contributed by atoms with E-state index in [0.29, 0.717) is 18.8 Å². The van der Waals surface area contributed by atoms with Crippen molar-refractivity contribution in [2.24, 2.45) is 0 Å². The van der Waals surface area contributed by atoms with Crippen molar-refractivity contribution in [3.8, 4) is 5.75 Å². The van der Waals surface area contributed by atoms with E-state index in [2.05, 4.69) is 10.6 Å². The van der Waals surface area contributed by atoms with E-state index in [9.17, 15) is 9.59 Å². The third-order valence-electron chi connectivity index (χ3n) is 2.18. The average molecular weight is 250 g/mol. The van der Waals surface area contributed by atoms with Gasteiger partial charge in [-0.2, -0.15) is 0 Å². The molecule has 0 heterocycles. The summed E-state index contributed by atoms with van der Waals surface area (Å²) in [6.45, 7) is 4.19. The van der Waals surface area contributed by atoms with Crippen LogP contribution in [0.2, 0.25) is 0 Å². The Bertz CT molecular complexity index is 418. The molecule has 0 spiro atoms. The summed E-state index contributed by atoms with van der Waals surface area (Å²) in [5, 5.41) is 5.23. The number of carbonyl (C=O) groups is 2. The van der Waals surface area contributed by atoms with Crippen molar-refractivity contribution in [3.05, 3.63) is 29.8 Å². The summed E-state index contributed by atoms with van der Waals surface area (Å²) < 4.78 is 5.33. The van der Waals surface area contributed by atoms with Gasteiger partial charge in [0.2, 0.25) is 5.91 Å². The first-order valence-electron chi connectivity index (χ1n) is 5.78. The topological polar surface area (TPSA) is 67.4 Å². The summed E-state index contributed by atoms with van der Waals surface area (Å²) in [5.74, 6) is 0.356. The Kier molecular flexibility index (Phi) is 5.70. The molecule has 0 bridgehead atoms. The van der Waals surface area contributed by atoms with Crippen molar-refractivity contribution < 1.29 is 14.3 Å². The summed E-state index contributed by atoms with van der Waals surface area (Å²) in [6.07, 6.45) is 0. The van der Waals surface area contributed by atoms with Gasteiger partial charge in [-0.15, -0.1) is 0 Å². The SMILES string of the molecule is CC(=O)NCCNC(=O)COc1cccc(C)c1. The van der Waals surface area contributed by atoms with E-state index in [4.69, 9.17) is 4.74 Å². The minimum Gasteiger partial charge on any atom is -0.484 e. The molecule has 0 aliphatic rings. The molecule has 1 aromatic carbocycles. The third-order valence-corrected chi connectivity index (χ3v) is 2.18. The van der Waals surface area contributed by atoms with E-state index in [1.807, 2.05) is 25.1 Å². The largest absolute Gasteiger partial charge is 0.484 e. The molecule has 0 aromatic heterocycles. The first kappa shape index (κ1) is 14.0. The van der Waals surface area contributed by atoms with Gasteiger partial charge < -0.3 is 15.4 Å². The maximum absolute atomic E-state index is 11.4. The van der Waals surface area contributed by atoms with Crippen molar-refractivity contribution in [2.75, 3.05) is 19.7 Å². The molecule has 1 rings (SSSR count). The summed E-state index contributed by atoms with van der Waals surface area (Å²) >= 11 is 0. The normalized spacial score (nSPS) is 9.67. The molecule has 0 saturated carbocycles. The number of benzene rings is 1. The second-order valence-corrected chi connectivity index (χ2v) is 3.94. The number of nitrogens with one attached hydrogen (secondary N) is 2. The first-order valence-corrected chi connectivity index (χ1v) is 5.78. The van der Waals surface area contributed by atoms with Crippen molar-refractivity contribution in [2.45, 2.75) is 13.8 Å². The smallest absolute Gasteiger partial charge is 0.258 e. The standard InChI is InChI=1S/C13H18N2O3/c1-10-4-3-5-12(8-10)18-9-13(17)15-7-6-14-11(2)16/h3-5,8H,6-7,9H2,1-2H3,(H,14,16)(H,15,17). The average Bonchev–Trinajstić information content (AvgIpc) is 2.32. The Morgan fingerprint density at radius 3 is 2.61 bits per heavy atom. The summed E-state index contributed by atoms with van der Waals surface area (Å²) in [6, 6.07) is 7.50. The molecule has 18 heavy (non-hydrogen) atoms. The fourth-order valence-corrected chi connectivity index (χ4v) is 1.35. The molecule has 2 N–H and O–H groups in total. The van der Waals surface area contributed by atoms with E-state index in [0.717, 1.165) is 5.56 Å². The number of aryl methyl sites for hydroxylation is 1. The molecule has 0 aliphatic carbocycles. The molecule has 1 aromatic rings. The van der Waals surface area contributed by atoms with Gasteiger partial charge in [-0.3, -0.25) is 9.59 Å². The Hall–Kier alpha value is -2.04. The van der Waals surface area contributed by atoms with Crippen LogP contribution in [-0.4, -0.2) is 31.5 Å². The van der Waals surface area contributed by atoms with Gasteiger partial charge in [0.15, 0.2) is 6.61 Å². The lowest BCUT2D eigenvalue weighted by Gasteiger charge is -2.08. The zero-order valence-electron chi connectivity index (χ0n) is 10.7. The van der Waals surface area contributed by atoms with Gasteiger partial charge in [0, 0.05) is 20.0 Å². The molecule has 0 unspecified atom stereocenters.